The molecule has 0 saturated carbocycles. The quantitative estimate of drug-likeness (QED) is 0.757. The smallest absolute Gasteiger partial charge is 0.274 e. The molecule has 8 heteroatoms. The van der Waals surface area contributed by atoms with E-state index in [0.29, 0.717) is 12.2 Å². The first-order valence-electron chi connectivity index (χ1n) is 8.35. The monoisotopic (exact) mass is 377 g/mol. The van der Waals surface area contributed by atoms with Gasteiger partial charge in [0.05, 0.1) is 6.54 Å². The largest absolute Gasteiger partial charge is 0.331 e. The van der Waals surface area contributed by atoms with Gasteiger partial charge in [-0.3, -0.25) is 14.7 Å². The highest BCUT2D eigenvalue weighted by molar-refractivity contribution is 5.99. The number of aromatic nitrogens is 2. The van der Waals surface area contributed by atoms with Crippen LogP contribution >= 0.6 is 12.4 Å². The number of anilines is 1. The summed E-state index contributed by atoms with van der Waals surface area (Å²) in [5.74, 6) is -0.478. The molecule has 2 heterocycles. The molecule has 1 aromatic carbocycles. The highest BCUT2D eigenvalue weighted by atomic mass is 35.5. The topological polar surface area (TPSA) is 90.1 Å². The van der Waals surface area contributed by atoms with Gasteiger partial charge in [0.25, 0.3) is 5.91 Å². The summed E-state index contributed by atoms with van der Waals surface area (Å²) in [4.78, 5) is 26.4. The number of carbonyl (C=O) groups is 2. The molecule has 1 aliphatic heterocycles. The number of para-hydroxylation sites is 1. The molecule has 2 amide bonds. The molecule has 2 aromatic rings. The van der Waals surface area contributed by atoms with E-state index in [9.17, 15) is 9.59 Å². The van der Waals surface area contributed by atoms with Crippen molar-refractivity contribution in [2.75, 3.05) is 25.5 Å². The predicted molar refractivity (Wildman–Crippen MR) is 103 cm³/mol. The summed E-state index contributed by atoms with van der Waals surface area (Å²) in [6, 6.07) is 5.84. The van der Waals surface area contributed by atoms with Gasteiger partial charge in [-0.25, -0.2) is 0 Å². The van der Waals surface area contributed by atoms with E-state index in [2.05, 4.69) is 20.8 Å². The Morgan fingerprint density at radius 3 is 2.65 bits per heavy atom. The zero-order valence-electron chi connectivity index (χ0n) is 15.2. The fraction of sp³-hybridized carbons (Fsp3) is 0.389. The number of fused-ring (bicyclic) bond motifs is 1. The molecule has 0 unspecified atom stereocenters. The minimum atomic E-state index is -0.252. The van der Waals surface area contributed by atoms with Crippen LogP contribution in [0.4, 0.5) is 5.69 Å². The number of rotatable bonds is 4. The first-order chi connectivity index (χ1) is 12.0. The fourth-order valence-corrected chi connectivity index (χ4v) is 3.06. The molecule has 0 aliphatic carbocycles. The van der Waals surface area contributed by atoms with Gasteiger partial charge in [0.15, 0.2) is 5.69 Å². The second-order valence-electron chi connectivity index (χ2n) is 6.43. The van der Waals surface area contributed by atoms with Crippen LogP contribution in [0, 0.1) is 13.8 Å². The molecular weight excluding hydrogens is 354 g/mol. The van der Waals surface area contributed by atoms with E-state index in [1.54, 1.807) is 7.05 Å². The molecule has 0 spiro atoms. The van der Waals surface area contributed by atoms with Crippen LogP contribution < -0.4 is 10.6 Å². The van der Waals surface area contributed by atoms with E-state index in [0.717, 1.165) is 41.0 Å². The van der Waals surface area contributed by atoms with Gasteiger partial charge in [-0.05, 0) is 25.0 Å². The summed E-state index contributed by atoms with van der Waals surface area (Å²) >= 11 is 0. The number of nitrogens with zero attached hydrogens (tertiary/aromatic N) is 2. The van der Waals surface area contributed by atoms with Crippen molar-refractivity contribution in [1.29, 1.82) is 0 Å². The van der Waals surface area contributed by atoms with Crippen LogP contribution in [0.25, 0.3) is 0 Å². The lowest BCUT2D eigenvalue weighted by atomic mass is 10.1. The maximum atomic E-state index is 12.6. The zero-order chi connectivity index (χ0) is 18.0. The lowest BCUT2D eigenvalue weighted by molar-refractivity contribution is -0.116. The second-order valence-corrected chi connectivity index (χ2v) is 6.43. The van der Waals surface area contributed by atoms with Gasteiger partial charge in [0.1, 0.15) is 0 Å². The number of carbonyl (C=O) groups excluding carboxylic acids is 2. The summed E-state index contributed by atoms with van der Waals surface area (Å²) in [7, 11) is 1.62. The Morgan fingerprint density at radius 2 is 1.96 bits per heavy atom. The third kappa shape index (κ3) is 4.05. The molecule has 1 aromatic heterocycles. The van der Waals surface area contributed by atoms with Crippen LogP contribution in [0.5, 0.6) is 0 Å². The van der Waals surface area contributed by atoms with Crippen molar-refractivity contribution in [3.63, 3.8) is 0 Å². The van der Waals surface area contributed by atoms with Crippen LogP contribution in [-0.4, -0.2) is 47.0 Å². The molecule has 140 valence electrons. The minimum absolute atomic E-state index is 0. The lowest BCUT2D eigenvalue weighted by Gasteiger charge is -2.19. The molecule has 3 N–H and O–H groups in total. The summed E-state index contributed by atoms with van der Waals surface area (Å²) in [6.45, 7) is 5.36. The number of aromatic amines is 1. The number of amides is 2. The third-order valence-electron chi connectivity index (χ3n) is 4.48. The normalized spacial score (nSPS) is 12.7. The van der Waals surface area contributed by atoms with E-state index < -0.39 is 0 Å². The molecule has 0 fully saturated rings. The lowest BCUT2D eigenvalue weighted by Crippen LogP contribution is -2.36. The molecule has 0 bridgehead atoms. The predicted octanol–water partition coefficient (Wildman–Crippen LogP) is 1.80. The van der Waals surface area contributed by atoms with Crippen molar-refractivity contribution >= 4 is 29.9 Å². The summed E-state index contributed by atoms with van der Waals surface area (Å²) in [5, 5.41) is 13.2. The number of aryl methyl sites for hydroxylation is 2. The number of hydrogen-bond acceptors (Lipinski definition) is 4. The van der Waals surface area contributed by atoms with E-state index in [1.807, 2.05) is 32.0 Å². The highest BCUT2D eigenvalue weighted by Gasteiger charge is 2.25. The van der Waals surface area contributed by atoms with Crippen LogP contribution in [0.2, 0.25) is 0 Å². The Kier molecular flexibility index (Phi) is 6.39. The average Bonchev–Trinajstić information content (AvgIpc) is 3.01. The highest BCUT2D eigenvalue weighted by Crippen LogP contribution is 2.20. The number of benzene rings is 1. The first-order valence-corrected chi connectivity index (χ1v) is 8.35. The number of nitrogens with one attached hydrogen (secondary N) is 3. The number of likely N-dealkylation sites (N-methyl/N-ethyl adjacent to an activating group) is 1. The maximum absolute atomic E-state index is 12.6. The van der Waals surface area contributed by atoms with Crippen molar-refractivity contribution < 1.29 is 9.59 Å². The number of H-pyrrole nitrogens is 1. The fourth-order valence-electron chi connectivity index (χ4n) is 3.06. The Morgan fingerprint density at radius 1 is 1.27 bits per heavy atom. The van der Waals surface area contributed by atoms with Gasteiger partial charge in [0, 0.05) is 43.5 Å². The minimum Gasteiger partial charge on any atom is -0.331 e. The summed E-state index contributed by atoms with van der Waals surface area (Å²) in [6.07, 6.45) is 0.826. The Balaban J connectivity index is 0.00000243. The molecule has 0 saturated heterocycles. The second kappa shape index (κ2) is 8.33. The van der Waals surface area contributed by atoms with Crippen molar-refractivity contribution in [3.8, 4) is 0 Å². The van der Waals surface area contributed by atoms with Crippen molar-refractivity contribution in [1.82, 2.24) is 20.4 Å². The number of halogens is 1. The van der Waals surface area contributed by atoms with Crippen LogP contribution in [-0.2, 0) is 17.8 Å². The summed E-state index contributed by atoms with van der Waals surface area (Å²) in [5.41, 5.74) is 5.08. The molecule has 7 nitrogen and oxygen atoms in total. The van der Waals surface area contributed by atoms with Gasteiger partial charge >= 0.3 is 0 Å². The SMILES string of the molecule is Cc1cccc(C)c1NC(=O)CN(C)C(=O)c1n[nH]c2c1CNCC2.Cl. The van der Waals surface area contributed by atoms with Crippen molar-refractivity contribution in [2.45, 2.75) is 26.8 Å². The first kappa shape index (κ1) is 19.9. The molecule has 26 heavy (non-hydrogen) atoms. The van der Waals surface area contributed by atoms with Crippen LogP contribution in [0.15, 0.2) is 18.2 Å². The zero-order valence-corrected chi connectivity index (χ0v) is 16.0. The molecule has 0 radical (unpaired) electrons. The van der Waals surface area contributed by atoms with Crippen LogP contribution in [0.1, 0.15) is 32.9 Å². The molecule has 1 aliphatic rings. The molecule has 0 atom stereocenters. The van der Waals surface area contributed by atoms with Gasteiger partial charge in [0.2, 0.25) is 5.91 Å². The summed E-state index contributed by atoms with van der Waals surface area (Å²) < 4.78 is 0. The Bertz CT molecular complexity index is 798. The van der Waals surface area contributed by atoms with E-state index >= 15 is 0 Å². The van der Waals surface area contributed by atoms with Gasteiger partial charge in [-0.15, -0.1) is 12.4 Å². The standard InChI is InChI=1S/C18H23N5O2.ClH/c1-11-5-4-6-12(2)16(11)20-15(24)10-23(3)18(25)17-13-9-19-8-7-14(13)21-22-17;/h4-6,19H,7-10H2,1-3H3,(H,20,24)(H,21,22);1H. The average molecular weight is 378 g/mol. The molecular formula is C18H24ClN5O2. The number of hydrogen-bond donors (Lipinski definition) is 3. The Hall–Kier alpha value is -2.38. The third-order valence-corrected chi connectivity index (χ3v) is 4.48. The van der Waals surface area contributed by atoms with E-state index in [1.165, 1.54) is 4.90 Å². The van der Waals surface area contributed by atoms with Gasteiger partial charge in [-0.1, -0.05) is 18.2 Å². The van der Waals surface area contributed by atoms with E-state index in [4.69, 9.17) is 0 Å². The Labute approximate surface area is 159 Å². The van der Waals surface area contributed by atoms with Crippen LogP contribution in [0.3, 0.4) is 0 Å². The van der Waals surface area contributed by atoms with Gasteiger partial charge in [-0.2, -0.15) is 5.10 Å². The van der Waals surface area contributed by atoms with E-state index in [-0.39, 0.29) is 30.8 Å². The maximum Gasteiger partial charge on any atom is 0.274 e. The van der Waals surface area contributed by atoms with Crippen molar-refractivity contribution in [3.05, 3.63) is 46.3 Å². The van der Waals surface area contributed by atoms with Gasteiger partial charge < -0.3 is 15.5 Å². The molecule has 3 rings (SSSR count). The van der Waals surface area contributed by atoms with Crippen molar-refractivity contribution in [2.24, 2.45) is 0 Å².